The number of para-hydroxylation sites is 1. The van der Waals surface area contributed by atoms with Crippen molar-refractivity contribution in [2.75, 3.05) is 36.4 Å². The highest BCUT2D eigenvalue weighted by atomic mass is 19.4. The van der Waals surface area contributed by atoms with Crippen molar-refractivity contribution in [2.45, 2.75) is 39.8 Å². The molecule has 1 unspecified atom stereocenters. The van der Waals surface area contributed by atoms with Crippen molar-refractivity contribution in [3.8, 4) is 11.4 Å². The Bertz CT molecular complexity index is 1370. The number of benzene rings is 2. The third kappa shape index (κ3) is 5.05. The first-order valence-corrected chi connectivity index (χ1v) is 12.7. The van der Waals surface area contributed by atoms with Crippen LogP contribution in [-0.2, 0) is 6.18 Å². The van der Waals surface area contributed by atoms with E-state index in [1.165, 1.54) is 12.1 Å². The van der Waals surface area contributed by atoms with Gasteiger partial charge < -0.3 is 15.5 Å². The minimum Gasteiger partial charge on any atom is -0.367 e. The van der Waals surface area contributed by atoms with Crippen LogP contribution < -0.4 is 15.5 Å². The Kier molecular flexibility index (Phi) is 6.90. The molecule has 0 spiro atoms. The van der Waals surface area contributed by atoms with E-state index in [0.29, 0.717) is 23.1 Å². The van der Waals surface area contributed by atoms with Crippen molar-refractivity contribution < 1.29 is 13.2 Å². The van der Waals surface area contributed by atoms with Crippen LogP contribution in [0.25, 0.3) is 22.3 Å². The lowest BCUT2D eigenvalue weighted by Gasteiger charge is -2.30. The second-order valence-electron chi connectivity index (χ2n) is 9.67. The van der Waals surface area contributed by atoms with E-state index in [1.54, 1.807) is 6.07 Å². The van der Waals surface area contributed by atoms with Crippen molar-refractivity contribution >= 4 is 28.1 Å². The van der Waals surface area contributed by atoms with Crippen molar-refractivity contribution in [1.82, 2.24) is 15.3 Å². The summed E-state index contributed by atoms with van der Waals surface area (Å²) in [5.41, 5.74) is 2.84. The topological polar surface area (TPSA) is 65.4 Å². The quantitative estimate of drug-likeness (QED) is 0.426. The van der Waals surface area contributed by atoms with Gasteiger partial charge in [-0.1, -0.05) is 31.2 Å². The number of alkyl halides is 3. The fourth-order valence-electron chi connectivity index (χ4n) is 5.10. The van der Waals surface area contributed by atoms with E-state index in [1.807, 2.05) is 32.0 Å². The summed E-state index contributed by atoms with van der Waals surface area (Å²) in [7, 11) is 0. The van der Waals surface area contributed by atoms with Crippen LogP contribution in [0.2, 0.25) is 0 Å². The van der Waals surface area contributed by atoms with Gasteiger partial charge in [0.25, 0.3) is 0 Å². The summed E-state index contributed by atoms with van der Waals surface area (Å²) >= 11 is 0. The molecule has 5 rings (SSSR count). The smallest absolute Gasteiger partial charge is 0.367 e. The first-order valence-electron chi connectivity index (χ1n) is 12.7. The fraction of sp³-hybridized carbons (Fsp3) is 0.393. The van der Waals surface area contributed by atoms with Gasteiger partial charge in [-0.05, 0) is 50.5 Å². The van der Waals surface area contributed by atoms with Crippen LogP contribution in [0, 0.1) is 5.92 Å². The molecule has 0 radical (unpaired) electrons. The summed E-state index contributed by atoms with van der Waals surface area (Å²) in [6, 6.07) is 11.3. The number of anilines is 2. The van der Waals surface area contributed by atoms with Gasteiger partial charge in [0.1, 0.15) is 11.6 Å². The number of hydrogen-bond acceptors (Lipinski definition) is 6. The molecule has 6 nitrogen and oxygen atoms in total. The van der Waals surface area contributed by atoms with Crippen molar-refractivity contribution in [1.29, 1.82) is 0 Å². The molecule has 1 saturated heterocycles. The molecule has 0 aliphatic carbocycles. The number of nitrogens with zero attached hydrogens (tertiary/aromatic N) is 4. The molecule has 0 saturated carbocycles. The van der Waals surface area contributed by atoms with Crippen LogP contribution in [0.4, 0.5) is 24.7 Å². The van der Waals surface area contributed by atoms with Gasteiger partial charge in [0.05, 0.1) is 16.8 Å². The number of rotatable bonds is 5. The molecule has 0 bridgehead atoms. The molecule has 9 heteroatoms. The van der Waals surface area contributed by atoms with E-state index in [-0.39, 0.29) is 11.4 Å². The number of fused-ring (bicyclic) bond motifs is 1. The molecule has 3 heterocycles. The monoisotopic (exact) mass is 508 g/mol. The molecule has 1 atom stereocenters. The van der Waals surface area contributed by atoms with Gasteiger partial charge in [0, 0.05) is 48.8 Å². The highest BCUT2D eigenvalue weighted by molar-refractivity contribution is 5.99. The Hall–Kier alpha value is -3.46. The maximum atomic E-state index is 13.9. The number of aliphatic imine (C=N–C) groups is 1. The zero-order chi connectivity index (χ0) is 26.2. The molecule has 2 aliphatic heterocycles. The van der Waals surface area contributed by atoms with Crippen molar-refractivity contribution in [2.24, 2.45) is 10.9 Å². The van der Waals surface area contributed by atoms with Crippen LogP contribution in [0.3, 0.4) is 0 Å². The minimum atomic E-state index is -4.53. The summed E-state index contributed by atoms with van der Waals surface area (Å²) in [5.74, 6) is 1.58. The standard InChI is InChI=1S/C28H31F3N6/c1-4-19-16-17(2)25(33-18(19)3)35-27-21-9-7-11-23(37-14-12-32-13-15-37)24(21)34-26(36-27)20-8-5-6-10-22(20)28(29,30)31/h5-11,19,32H,4,12-16H2,1-3H3,(H,34,35,36). The van der Waals surface area contributed by atoms with Gasteiger partial charge in [-0.2, -0.15) is 13.2 Å². The largest absolute Gasteiger partial charge is 0.417 e. The average molecular weight is 509 g/mol. The number of aromatic nitrogens is 2. The number of allylic oxidation sites excluding steroid dienone is 1. The number of nitrogens with one attached hydrogen (secondary N) is 2. The summed E-state index contributed by atoms with van der Waals surface area (Å²) in [6.07, 6.45) is -2.64. The predicted molar refractivity (Wildman–Crippen MR) is 143 cm³/mol. The Balaban J connectivity index is 1.70. The second-order valence-corrected chi connectivity index (χ2v) is 9.67. The first kappa shape index (κ1) is 25.2. The molecule has 1 aromatic heterocycles. The summed E-state index contributed by atoms with van der Waals surface area (Å²) in [4.78, 5) is 16.4. The lowest BCUT2D eigenvalue weighted by molar-refractivity contribution is -0.137. The van der Waals surface area contributed by atoms with Gasteiger partial charge in [-0.15, -0.1) is 0 Å². The van der Waals surface area contributed by atoms with E-state index < -0.39 is 11.7 Å². The second kappa shape index (κ2) is 10.1. The van der Waals surface area contributed by atoms with Gasteiger partial charge in [-0.3, -0.25) is 0 Å². The van der Waals surface area contributed by atoms with E-state index in [0.717, 1.165) is 67.4 Å². The van der Waals surface area contributed by atoms with Gasteiger partial charge >= 0.3 is 6.18 Å². The molecule has 2 aromatic carbocycles. The number of piperazine rings is 1. The van der Waals surface area contributed by atoms with Gasteiger partial charge in [-0.25, -0.2) is 15.0 Å². The molecular weight excluding hydrogens is 477 g/mol. The molecule has 3 aromatic rings. The van der Waals surface area contributed by atoms with Crippen LogP contribution in [0.15, 0.2) is 58.9 Å². The van der Waals surface area contributed by atoms with Crippen molar-refractivity contribution in [3.05, 3.63) is 59.4 Å². The number of hydrogen-bond donors (Lipinski definition) is 2. The lowest BCUT2D eigenvalue weighted by atomic mass is 9.91. The highest BCUT2D eigenvalue weighted by Gasteiger charge is 2.34. The fourth-order valence-corrected chi connectivity index (χ4v) is 5.10. The zero-order valence-electron chi connectivity index (χ0n) is 21.3. The zero-order valence-corrected chi connectivity index (χ0v) is 21.3. The van der Waals surface area contributed by atoms with Gasteiger partial charge in [0.2, 0.25) is 0 Å². The third-order valence-corrected chi connectivity index (χ3v) is 7.20. The van der Waals surface area contributed by atoms with Crippen LogP contribution in [-0.4, -0.2) is 41.9 Å². The van der Waals surface area contributed by atoms with Crippen LogP contribution in [0.5, 0.6) is 0 Å². The molecule has 37 heavy (non-hydrogen) atoms. The summed E-state index contributed by atoms with van der Waals surface area (Å²) in [5, 5.41) is 7.47. The Morgan fingerprint density at radius 3 is 2.51 bits per heavy atom. The molecular formula is C28H31F3N6. The first-order chi connectivity index (χ1) is 17.8. The summed E-state index contributed by atoms with van der Waals surface area (Å²) in [6.45, 7) is 9.43. The molecule has 1 fully saturated rings. The highest BCUT2D eigenvalue weighted by Crippen LogP contribution is 2.39. The third-order valence-electron chi connectivity index (χ3n) is 7.20. The van der Waals surface area contributed by atoms with Crippen LogP contribution >= 0.6 is 0 Å². The SMILES string of the molecule is CCC1CC(C)=C(Nc2nc(-c3ccccc3C(F)(F)F)nc3c(N4CCNCC4)cccc23)N=C1C. The Morgan fingerprint density at radius 1 is 1.03 bits per heavy atom. The van der Waals surface area contributed by atoms with Gasteiger partial charge in [0.15, 0.2) is 5.82 Å². The Morgan fingerprint density at radius 2 is 1.78 bits per heavy atom. The van der Waals surface area contributed by atoms with Crippen molar-refractivity contribution in [3.63, 3.8) is 0 Å². The Labute approximate surface area is 214 Å². The minimum absolute atomic E-state index is 0.0340. The van der Waals surface area contributed by atoms with E-state index in [2.05, 4.69) is 27.4 Å². The van der Waals surface area contributed by atoms with E-state index >= 15 is 0 Å². The molecule has 194 valence electrons. The molecule has 2 N–H and O–H groups in total. The average Bonchev–Trinajstić information content (AvgIpc) is 2.90. The molecule has 2 aliphatic rings. The van der Waals surface area contributed by atoms with Crippen LogP contribution in [0.1, 0.15) is 39.2 Å². The summed E-state index contributed by atoms with van der Waals surface area (Å²) < 4.78 is 41.8. The van der Waals surface area contributed by atoms with E-state index in [9.17, 15) is 13.2 Å². The normalized spacial score (nSPS) is 18.8. The number of halogens is 3. The molecule has 0 amide bonds. The van der Waals surface area contributed by atoms with E-state index in [4.69, 9.17) is 9.98 Å². The predicted octanol–water partition coefficient (Wildman–Crippen LogP) is 6.26. The maximum Gasteiger partial charge on any atom is 0.417 e. The lowest BCUT2D eigenvalue weighted by Crippen LogP contribution is -2.43. The maximum absolute atomic E-state index is 13.9.